The summed E-state index contributed by atoms with van der Waals surface area (Å²) in [6.07, 6.45) is 8.76. The molecular weight excluding hydrogens is 250 g/mol. The number of rotatable bonds is 7. The maximum Gasteiger partial charge on any atom is 0.242 e. The Morgan fingerprint density at radius 1 is 1.35 bits per heavy atom. The Labute approximate surface area is 122 Å². The van der Waals surface area contributed by atoms with Gasteiger partial charge in [0.15, 0.2) is 0 Å². The van der Waals surface area contributed by atoms with Crippen molar-refractivity contribution in [3.8, 4) is 0 Å². The van der Waals surface area contributed by atoms with E-state index in [0.29, 0.717) is 12.6 Å². The zero-order valence-corrected chi connectivity index (χ0v) is 12.8. The van der Waals surface area contributed by atoms with Crippen LogP contribution < -0.4 is 5.32 Å². The molecule has 0 bridgehead atoms. The van der Waals surface area contributed by atoms with Crippen molar-refractivity contribution in [2.75, 3.05) is 19.6 Å². The maximum absolute atomic E-state index is 12.1. The molecule has 2 rings (SSSR count). The lowest BCUT2D eigenvalue weighted by Crippen LogP contribution is -2.30. The van der Waals surface area contributed by atoms with Crippen LogP contribution in [-0.2, 0) is 11.3 Å². The van der Waals surface area contributed by atoms with Crippen molar-refractivity contribution in [1.29, 1.82) is 0 Å². The summed E-state index contributed by atoms with van der Waals surface area (Å²) in [5.74, 6) is 0.250. The number of carbonyl (C=O) groups is 1. The van der Waals surface area contributed by atoms with Crippen LogP contribution in [0.2, 0.25) is 0 Å². The Morgan fingerprint density at radius 3 is 2.75 bits per heavy atom. The molecule has 1 aliphatic heterocycles. The third-order valence-corrected chi connectivity index (χ3v) is 3.98. The largest absolute Gasteiger partial charge is 0.345 e. The van der Waals surface area contributed by atoms with E-state index in [9.17, 15) is 4.79 Å². The van der Waals surface area contributed by atoms with Gasteiger partial charge in [0.2, 0.25) is 5.91 Å². The van der Waals surface area contributed by atoms with Crippen molar-refractivity contribution in [3.05, 3.63) is 24.0 Å². The van der Waals surface area contributed by atoms with Crippen LogP contribution in [0.4, 0.5) is 0 Å². The molecule has 1 unspecified atom stereocenters. The fourth-order valence-corrected chi connectivity index (χ4v) is 2.91. The number of hydrogen-bond acceptors (Lipinski definition) is 2. The molecule has 0 aromatic carbocycles. The Hall–Kier alpha value is -1.29. The highest BCUT2D eigenvalue weighted by Gasteiger charge is 2.18. The van der Waals surface area contributed by atoms with E-state index in [4.69, 9.17) is 0 Å². The van der Waals surface area contributed by atoms with E-state index in [1.807, 2.05) is 15.7 Å². The molecule has 20 heavy (non-hydrogen) atoms. The summed E-state index contributed by atoms with van der Waals surface area (Å²) in [5.41, 5.74) is 1.29. The Balaban J connectivity index is 1.94. The number of hydrogen-bond donors (Lipinski definition) is 1. The minimum Gasteiger partial charge on any atom is -0.345 e. The van der Waals surface area contributed by atoms with Crippen LogP contribution in [0, 0.1) is 0 Å². The van der Waals surface area contributed by atoms with Crippen LogP contribution in [0.1, 0.15) is 51.1 Å². The van der Waals surface area contributed by atoms with Gasteiger partial charge in [0, 0.05) is 31.5 Å². The summed E-state index contributed by atoms with van der Waals surface area (Å²) < 4.78 is 2.02. The quantitative estimate of drug-likeness (QED) is 0.831. The molecule has 2 heterocycles. The molecule has 1 fully saturated rings. The summed E-state index contributed by atoms with van der Waals surface area (Å²) in [4.78, 5) is 14.1. The van der Waals surface area contributed by atoms with E-state index >= 15 is 0 Å². The standard InChI is InChI=1S/C16H27N3O/c1-3-7-15(17-4-2)14-8-11-18(12-14)13-16(20)19-9-5-6-10-19/h8,11-12,15,17H,3-7,9-10,13H2,1-2H3. The van der Waals surface area contributed by atoms with Crippen LogP contribution in [-0.4, -0.2) is 35.0 Å². The average Bonchev–Trinajstić information content (AvgIpc) is 3.09. The molecule has 0 radical (unpaired) electrons. The van der Waals surface area contributed by atoms with E-state index < -0.39 is 0 Å². The van der Waals surface area contributed by atoms with Crippen LogP contribution in [0.3, 0.4) is 0 Å². The molecule has 1 N–H and O–H groups in total. The second-order valence-electron chi connectivity index (χ2n) is 5.60. The summed E-state index contributed by atoms with van der Waals surface area (Å²) in [5, 5.41) is 3.51. The van der Waals surface area contributed by atoms with E-state index in [-0.39, 0.29) is 5.91 Å². The zero-order chi connectivity index (χ0) is 14.4. The van der Waals surface area contributed by atoms with Gasteiger partial charge in [0.05, 0.1) is 0 Å². The molecular formula is C16H27N3O. The van der Waals surface area contributed by atoms with Gasteiger partial charge in [-0.2, -0.15) is 0 Å². The first kappa shape index (κ1) is 15.1. The molecule has 0 aliphatic carbocycles. The third-order valence-electron chi connectivity index (χ3n) is 3.98. The van der Waals surface area contributed by atoms with E-state index in [2.05, 4.69) is 31.4 Å². The highest BCUT2D eigenvalue weighted by molar-refractivity contribution is 5.76. The predicted molar refractivity (Wildman–Crippen MR) is 81.6 cm³/mol. The molecule has 1 aromatic rings. The lowest BCUT2D eigenvalue weighted by atomic mass is 10.1. The van der Waals surface area contributed by atoms with Gasteiger partial charge < -0.3 is 14.8 Å². The number of aromatic nitrogens is 1. The zero-order valence-electron chi connectivity index (χ0n) is 12.8. The molecule has 1 saturated heterocycles. The lowest BCUT2D eigenvalue weighted by molar-refractivity contribution is -0.130. The van der Waals surface area contributed by atoms with Gasteiger partial charge in [-0.25, -0.2) is 0 Å². The molecule has 1 amide bonds. The van der Waals surface area contributed by atoms with Crippen LogP contribution >= 0.6 is 0 Å². The van der Waals surface area contributed by atoms with Gasteiger partial charge in [-0.15, -0.1) is 0 Å². The molecule has 4 nitrogen and oxygen atoms in total. The summed E-state index contributed by atoms with van der Waals surface area (Å²) in [6, 6.07) is 2.55. The normalized spacial score (nSPS) is 16.6. The molecule has 0 saturated carbocycles. The maximum atomic E-state index is 12.1. The third kappa shape index (κ3) is 3.85. The monoisotopic (exact) mass is 277 g/mol. The van der Waals surface area contributed by atoms with Crippen molar-refractivity contribution in [2.24, 2.45) is 0 Å². The van der Waals surface area contributed by atoms with Crippen LogP contribution in [0.5, 0.6) is 0 Å². The van der Waals surface area contributed by atoms with Gasteiger partial charge in [-0.05, 0) is 37.4 Å². The summed E-state index contributed by atoms with van der Waals surface area (Å²) in [7, 11) is 0. The first-order chi connectivity index (χ1) is 9.74. The minimum atomic E-state index is 0.250. The molecule has 1 atom stereocenters. The van der Waals surface area contributed by atoms with Crippen molar-refractivity contribution in [1.82, 2.24) is 14.8 Å². The molecule has 1 aromatic heterocycles. The Bertz CT molecular complexity index is 415. The highest BCUT2D eigenvalue weighted by atomic mass is 16.2. The van der Waals surface area contributed by atoms with Crippen molar-refractivity contribution < 1.29 is 4.79 Å². The van der Waals surface area contributed by atoms with Gasteiger partial charge in [-0.3, -0.25) is 4.79 Å². The predicted octanol–water partition coefficient (Wildman–Crippen LogP) is 2.56. The van der Waals surface area contributed by atoms with Gasteiger partial charge in [0.1, 0.15) is 6.54 Å². The second kappa shape index (κ2) is 7.48. The fourth-order valence-electron chi connectivity index (χ4n) is 2.91. The number of carbonyl (C=O) groups excluding carboxylic acids is 1. The van der Waals surface area contributed by atoms with Gasteiger partial charge >= 0.3 is 0 Å². The fraction of sp³-hybridized carbons (Fsp3) is 0.688. The SMILES string of the molecule is CCCC(NCC)c1ccn(CC(=O)N2CCCC2)c1. The molecule has 0 spiro atoms. The van der Waals surface area contributed by atoms with E-state index in [1.165, 1.54) is 5.56 Å². The van der Waals surface area contributed by atoms with Crippen molar-refractivity contribution in [3.63, 3.8) is 0 Å². The Morgan fingerprint density at radius 2 is 2.10 bits per heavy atom. The number of nitrogens with one attached hydrogen (secondary N) is 1. The second-order valence-corrected chi connectivity index (χ2v) is 5.60. The first-order valence-electron chi connectivity index (χ1n) is 7.91. The van der Waals surface area contributed by atoms with Gasteiger partial charge in [-0.1, -0.05) is 20.3 Å². The highest BCUT2D eigenvalue weighted by Crippen LogP contribution is 2.19. The van der Waals surface area contributed by atoms with Crippen LogP contribution in [0.25, 0.3) is 0 Å². The topological polar surface area (TPSA) is 37.3 Å². The molecule has 112 valence electrons. The molecule has 1 aliphatic rings. The number of likely N-dealkylation sites (tertiary alicyclic amines) is 1. The van der Waals surface area contributed by atoms with Crippen LogP contribution in [0.15, 0.2) is 18.5 Å². The van der Waals surface area contributed by atoms with E-state index in [1.54, 1.807) is 0 Å². The Kier molecular flexibility index (Phi) is 5.65. The number of amides is 1. The summed E-state index contributed by atoms with van der Waals surface area (Å²) >= 11 is 0. The average molecular weight is 277 g/mol. The van der Waals surface area contributed by atoms with Gasteiger partial charge in [0.25, 0.3) is 0 Å². The minimum absolute atomic E-state index is 0.250. The van der Waals surface area contributed by atoms with Crippen molar-refractivity contribution >= 4 is 5.91 Å². The first-order valence-corrected chi connectivity index (χ1v) is 7.91. The molecule has 4 heteroatoms. The lowest BCUT2D eigenvalue weighted by Gasteiger charge is -2.16. The van der Waals surface area contributed by atoms with E-state index in [0.717, 1.165) is 45.3 Å². The smallest absolute Gasteiger partial charge is 0.242 e. The summed E-state index contributed by atoms with van der Waals surface area (Å²) in [6.45, 7) is 7.66. The van der Waals surface area contributed by atoms with Crippen molar-refractivity contribution in [2.45, 2.75) is 52.1 Å². The number of nitrogens with zero attached hydrogens (tertiary/aromatic N) is 2.